The van der Waals surface area contributed by atoms with Crippen molar-refractivity contribution in [1.82, 2.24) is 9.78 Å². The highest BCUT2D eigenvalue weighted by molar-refractivity contribution is 9.10. The van der Waals surface area contributed by atoms with Crippen LogP contribution in [0.2, 0.25) is 5.02 Å². The van der Waals surface area contributed by atoms with Gasteiger partial charge < -0.3 is 11.1 Å². The van der Waals surface area contributed by atoms with Crippen LogP contribution < -0.4 is 11.1 Å². The van der Waals surface area contributed by atoms with Crippen LogP contribution in [0.5, 0.6) is 0 Å². The van der Waals surface area contributed by atoms with Crippen molar-refractivity contribution in [3.8, 4) is 6.07 Å². The van der Waals surface area contributed by atoms with E-state index in [0.29, 0.717) is 28.0 Å². The third kappa shape index (κ3) is 3.13. The van der Waals surface area contributed by atoms with Crippen molar-refractivity contribution in [3.63, 3.8) is 0 Å². The first kappa shape index (κ1) is 17.5. The van der Waals surface area contributed by atoms with Crippen LogP contribution in [0.15, 0.2) is 22.8 Å². The molecule has 128 valence electrons. The van der Waals surface area contributed by atoms with Gasteiger partial charge in [-0.15, -0.1) is 0 Å². The molecule has 2 aromatic rings. The van der Waals surface area contributed by atoms with Gasteiger partial charge in [-0.05, 0) is 53.4 Å². The largest absolute Gasteiger partial charge is 0.366 e. The molecule has 3 N–H and O–H groups in total. The lowest BCUT2D eigenvalue weighted by molar-refractivity contribution is 0.100. The number of amides is 2. The van der Waals surface area contributed by atoms with Gasteiger partial charge in [0.1, 0.15) is 15.8 Å². The molecule has 9 heteroatoms. The molecule has 1 aromatic carbocycles. The van der Waals surface area contributed by atoms with E-state index in [1.165, 1.54) is 16.8 Å². The fraction of sp³-hybridized carbons (Fsp3) is 0.250. The molecule has 7 nitrogen and oxygen atoms in total. The predicted octanol–water partition coefficient (Wildman–Crippen LogP) is 2.97. The van der Waals surface area contributed by atoms with Gasteiger partial charge in [0.05, 0.1) is 17.3 Å². The number of rotatable bonds is 4. The number of anilines is 1. The number of benzene rings is 1. The number of hydrogen-bond donors (Lipinski definition) is 2. The van der Waals surface area contributed by atoms with E-state index in [9.17, 15) is 14.9 Å². The summed E-state index contributed by atoms with van der Waals surface area (Å²) < 4.78 is 1.86. The van der Waals surface area contributed by atoms with E-state index in [2.05, 4.69) is 32.4 Å². The van der Waals surface area contributed by atoms with Crippen LogP contribution in [-0.4, -0.2) is 21.6 Å². The molecule has 1 aromatic heterocycles. The van der Waals surface area contributed by atoms with Crippen molar-refractivity contribution in [2.75, 3.05) is 5.32 Å². The van der Waals surface area contributed by atoms with Crippen LogP contribution in [0.4, 0.5) is 5.69 Å². The van der Waals surface area contributed by atoms with E-state index >= 15 is 0 Å². The van der Waals surface area contributed by atoms with E-state index in [1.807, 2.05) is 0 Å². The minimum Gasteiger partial charge on any atom is -0.366 e. The normalized spacial score (nSPS) is 14.6. The molecule has 1 aliphatic rings. The summed E-state index contributed by atoms with van der Waals surface area (Å²) in [4.78, 5) is 24.4. The maximum atomic E-state index is 12.8. The molecule has 0 radical (unpaired) electrons. The lowest BCUT2D eigenvalue weighted by Crippen LogP contribution is -2.26. The first-order valence-corrected chi connectivity index (χ1v) is 8.53. The summed E-state index contributed by atoms with van der Waals surface area (Å²) in [6.07, 6.45) is 1.26. The van der Waals surface area contributed by atoms with Gasteiger partial charge in [-0.1, -0.05) is 11.6 Å². The molecule has 0 unspecified atom stereocenters. The molecule has 1 saturated carbocycles. The third-order valence-corrected chi connectivity index (χ3v) is 4.66. The number of nitrogens with zero attached hydrogens (tertiary/aromatic N) is 3. The summed E-state index contributed by atoms with van der Waals surface area (Å²) in [5.74, 6) is -1.20. The second kappa shape index (κ2) is 6.17. The number of nitriles is 1. The van der Waals surface area contributed by atoms with Gasteiger partial charge in [-0.3, -0.25) is 9.59 Å². The number of carbonyl (C=O) groups excluding carboxylic acids is 2. The summed E-state index contributed by atoms with van der Waals surface area (Å²) >= 11 is 9.19. The monoisotopic (exact) mass is 421 g/mol. The average Bonchev–Trinajstić information content (AvgIpc) is 3.24. The Labute approximate surface area is 156 Å². The summed E-state index contributed by atoms with van der Waals surface area (Å²) in [7, 11) is 0. The summed E-state index contributed by atoms with van der Waals surface area (Å²) in [5.41, 5.74) is 5.81. The standard InChI is InChI=1S/C16H13BrClN5O2/c1-8-4-9(18)5-10(14(20)24)13(8)21-15(25)11-6-12(17)22-23(11)16(7-19)2-3-16/h4-6H,2-3H2,1H3,(H2,20,24)(H,21,25). The highest BCUT2D eigenvalue weighted by Gasteiger charge is 2.48. The Hall–Kier alpha value is -2.37. The van der Waals surface area contributed by atoms with Crippen LogP contribution in [-0.2, 0) is 5.54 Å². The number of primary amides is 1. The lowest BCUT2D eigenvalue weighted by atomic mass is 10.1. The van der Waals surface area contributed by atoms with Crippen molar-refractivity contribution in [2.45, 2.75) is 25.3 Å². The second-order valence-corrected chi connectivity index (χ2v) is 7.12. The van der Waals surface area contributed by atoms with Crippen LogP contribution in [0, 0.1) is 18.3 Å². The molecule has 25 heavy (non-hydrogen) atoms. The molecule has 2 amide bonds. The van der Waals surface area contributed by atoms with Crippen LogP contribution in [0.1, 0.15) is 39.3 Å². The van der Waals surface area contributed by atoms with Crippen molar-refractivity contribution in [2.24, 2.45) is 5.73 Å². The van der Waals surface area contributed by atoms with Crippen LogP contribution in [0.25, 0.3) is 0 Å². The zero-order chi connectivity index (χ0) is 18.4. The smallest absolute Gasteiger partial charge is 0.274 e. The number of aryl methyl sites for hydroxylation is 1. The zero-order valence-electron chi connectivity index (χ0n) is 13.1. The fourth-order valence-electron chi connectivity index (χ4n) is 2.61. The highest BCUT2D eigenvalue weighted by Crippen LogP contribution is 2.43. The van der Waals surface area contributed by atoms with Crippen LogP contribution in [0.3, 0.4) is 0 Å². The minimum absolute atomic E-state index is 0.116. The highest BCUT2D eigenvalue weighted by atomic mass is 79.9. The Morgan fingerprint density at radius 2 is 2.12 bits per heavy atom. The van der Waals surface area contributed by atoms with E-state index in [4.69, 9.17) is 17.3 Å². The van der Waals surface area contributed by atoms with Gasteiger partial charge in [0, 0.05) is 11.1 Å². The summed E-state index contributed by atoms with van der Waals surface area (Å²) in [5, 5.41) is 16.6. The Morgan fingerprint density at radius 1 is 1.44 bits per heavy atom. The molecule has 0 saturated heterocycles. The number of carbonyl (C=O) groups is 2. The molecule has 0 spiro atoms. The minimum atomic E-state index is -0.791. The van der Waals surface area contributed by atoms with E-state index < -0.39 is 17.4 Å². The Morgan fingerprint density at radius 3 is 2.68 bits per heavy atom. The summed E-state index contributed by atoms with van der Waals surface area (Å²) in [6.45, 7) is 1.71. The number of nitrogens with two attached hydrogens (primary N) is 1. The molecule has 0 aliphatic heterocycles. The summed E-state index contributed by atoms with van der Waals surface area (Å²) in [6, 6.07) is 6.75. The molecular weight excluding hydrogens is 410 g/mol. The van der Waals surface area contributed by atoms with E-state index in [-0.39, 0.29) is 16.9 Å². The Bertz CT molecular complexity index is 943. The van der Waals surface area contributed by atoms with Gasteiger partial charge in [0.2, 0.25) is 0 Å². The topological polar surface area (TPSA) is 114 Å². The maximum absolute atomic E-state index is 12.8. The second-order valence-electron chi connectivity index (χ2n) is 5.87. The van der Waals surface area contributed by atoms with Gasteiger partial charge in [0.15, 0.2) is 0 Å². The third-order valence-electron chi connectivity index (χ3n) is 4.05. The van der Waals surface area contributed by atoms with Crippen LogP contribution >= 0.6 is 27.5 Å². The first-order valence-electron chi connectivity index (χ1n) is 7.36. The van der Waals surface area contributed by atoms with Gasteiger partial charge in [-0.2, -0.15) is 10.4 Å². The Balaban J connectivity index is 2.01. The molecular formula is C16H13BrClN5O2. The fourth-order valence-corrected chi connectivity index (χ4v) is 3.26. The Kier molecular flexibility index (Phi) is 4.31. The molecule has 1 heterocycles. The average molecular weight is 423 g/mol. The quantitative estimate of drug-likeness (QED) is 0.788. The SMILES string of the molecule is Cc1cc(Cl)cc(C(N)=O)c1NC(=O)c1cc(Br)nn1C1(C#N)CC1. The molecule has 3 rings (SSSR count). The molecule has 0 bridgehead atoms. The van der Waals surface area contributed by atoms with E-state index in [1.54, 1.807) is 13.0 Å². The maximum Gasteiger partial charge on any atom is 0.274 e. The number of nitrogens with one attached hydrogen (secondary N) is 1. The van der Waals surface area contributed by atoms with Gasteiger partial charge in [0.25, 0.3) is 11.8 Å². The van der Waals surface area contributed by atoms with Crippen molar-refractivity contribution in [1.29, 1.82) is 5.26 Å². The molecule has 0 atom stereocenters. The molecule has 1 aliphatic carbocycles. The number of aromatic nitrogens is 2. The number of halogens is 2. The number of hydrogen-bond acceptors (Lipinski definition) is 4. The predicted molar refractivity (Wildman–Crippen MR) is 95.4 cm³/mol. The van der Waals surface area contributed by atoms with Crippen molar-refractivity contribution in [3.05, 3.63) is 44.6 Å². The van der Waals surface area contributed by atoms with Gasteiger partial charge >= 0.3 is 0 Å². The first-order chi connectivity index (χ1) is 11.8. The van der Waals surface area contributed by atoms with Crippen molar-refractivity contribution >= 4 is 45.0 Å². The zero-order valence-corrected chi connectivity index (χ0v) is 15.5. The molecule has 1 fully saturated rings. The van der Waals surface area contributed by atoms with Gasteiger partial charge in [-0.25, -0.2) is 4.68 Å². The van der Waals surface area contributed by atoms with Crippen molar-refractivity contribution < 1.29 is 9.59 Å². The lowest BCUT2D eigenvalue weighted by Gasteiger charge is -2.15. The van der Waals surface area contributed by atoms with E-state index in [0.717, 1.165) is 0 Å².